The molecule has 1 aliphatic rings. The molecule has 124 valence electrons. The van der Waals surface area contributed by atoms with Gasteiger partial charge in [0.2, 0.25) is 0 Å². The van der Waals surface area contributed by atoms with Crippen molar-refractivity contribution in [1.82, 2.24) is 9.88 Å². The summed E-state index contributed by atoms with van der Waals surface area (Å²) < 4.78 is 0. The summed E-state index contributed by atoms with van der Waals surface area (Å²) in [6.45, 7) is 3.89. The Morgan fingerprint density at radius 2 is 1.96 bits per heavy atom. The van der Waals surface area contributed by atoms with Crippen molar-refractivity contribution in [2.75, 3.05) is 13.6 Å². The molecule has 0 bridgehead atoms. The third kappa shape index (κ3) is 3.67. The number of carbonyl (C=O) groups is 3. The van der Waals surface area contributed by atoms with Crippen LogP contribution in [0.5, 0.6) is 0 Å². The summed E-state index contributed by atoms with van der Waals surface area (Å²) in [6, 6.07) is 1.34. The van der Waals surface area contributed by atoms with Crippen molar-refractivity contribution >= 4 is 17.7 Å². The minimum absolute atomic E-state index is 0.00826. The average molecular weight is 320 g/mol. The molecule has 0 spiro atoms. The average Bonchev–Trinajstić information content (AvgIpc) is 2.42. The van der Waals surface area contributed by atoms with Gasteiger partial charge in [0.15, 0.2) is 5.78 Å². The van der Waals surface area contributed by atoms with Gasteiger partial charge in [-0.05, 0) is 17.9 Å². The standard InChI is InChI=1S/C16H20N2O5/c1-16(2)7-11-9(12(19)8-16)6-10(14(22)17-11)15(23)18(3)5-4-13(20)21/h6H,4-5,7-8H2,1-3H3,(H,17,22)(H,20,21). The lowest BCUT2D eigenvalue weighted by atomic mass is 9.75. The van der Waals surface area contributed by atoms with Crippen LogP contribution in [0, 0.1) is 5.41 Å². The third-order valence-electron chi connectivity index (χ3n) is 3.96. The van der Waals surface area contributed by atoms with Crippen LogP contribution in [-0.2, 0) is 11.2 Å². The Bertz CT molecular complexity index is 732. The number of ketones is 1. The van der Waals surface area contributed by atoms with Gasteiger partial charge in [0.05, 0.1) is 6.42 Å². The molecule has 7 heteroatoms. The number of hydrogen-bond acceptors (Lipinski definition) is 4. The first kappa shape index (κ1) is 16.9. The highest BCUT2D eigenvalue weighted by Crippen LogP contribution is 2.33. The van der Waals surface area contributed by atoms with Gasteiger partial charge in [-0.25, -0.2) is 0 Å². The topological polar surface area (TPSA) is 108 Å². The number of nitrogens with one attached hydrogen (secondary N) is 1. The van der Waals surface area contributed by atoms with Gasteiger partial charge in [-0.3, -0.25) is 19.2 Å². The normalized spacial score (nSPS) is 15.9. The molecule has 0 saturated heterocycles. The number of fused-ring (bicyclic) bond motifs is 1. The van der Waals surface area contributed by atoms with Gasteiger partial charge >= 0.3 is 5.97 Å². The Hall–Kier alpha value is -2.44. The van der Waals surface area contributed by atoms with Crippen molar-refractivity contribution in [3.63, 3.8) is 0 Å². The number of rotatable bonds is 4. The van der Waals surface area contributed by atoms with Crippen molar-refractivity contribution in [3.05, 3.63) is 33.2 Å². The number of amides is 1. The fourth-order valence-electron chi connectivity index (χ4n) is 2.76. The Labute approximate surface area is 133 Å². The maximum Gasteiger partial charge on any atom is 0.305 e. The first-order chi connectivity index (χ1) is 10.6. The Balaban J connectivity index is 2.34. The Kier molecular flexibility index (Phi) is 4.40. The van der Waals surface area contributed by atoms with E-state index >= 15 is 0 Å². The minimum atomic E-state index is -1.03. The molecule has 1 amide bonds. The van der Waals surface area contributed by atoms with Crippen LogP contribution in [0.15, 0.2) is 10.9 Å². The van der Waals surface area contributed by atoms with Gasteiger partial charge in [-0.2, -0.15) is 0 Å². The molecule has 1 aromatic heterocycles. The van der Waals surface area contributed by atoms with Crippen molar-refractivity contribution in [1.29, 1.82) is 0 Å². The fraction of sp³-hybridized carbons (Fsp3) is 0.500. The van der Waals surface area contributed by atoms with Crippen molar-refractivity contribution < 1.29 is 19.5 Å². The zero-order valence-corrected chi connectivity index (χ0v) is 13.4. The van der Waals surface area contributed by atoms with E-state index in [9.17, 15) is 19.2 Å². The number of aromatic nitrogens is 1. The predicted molar refractivity (Wildman–Crippen MR) is 82.7 cm³/mol. The molecule has 1 heterocycles. The molecular formula is C16H20N2O5. The van der Waals surface area contributed by atoms with E-state index in [-0.39, 0.29) is 29.7 Å². The summed E-state index contributed by atoms with van der Waals surface area (Å²) >= 11 is 0. The first-order valence-electron chi connectivity index (χ1n) is 7.37. The number of aromatic amines is 1. The zero-order chi connectivity index (χ0) is 17.4. The fourth-order valence-corrected chi connectivity index (χ4v) is 2.76. The van der Waals surface area contributed by atoms with Gasteiger partial charge in [0.25, 0.3) is 11.5 Å². The molecule has 23 heavy (non-hydrogen) atoms. The number of H-pyrrole nitrogens is 1. The van der Waals surface area contributed by atoms with E-state index in [1.165, 1.54) is 18.0 Å². The maximum atomic E-state index is 12.3. The summed E-state index contributed by atoms with van der Waals surface area (Å²) in [5.41, 5.74) is 0.0163. The lowest BCUT2D eigenvalue weighted by Crippen LogP contribution is -2.36. The van der Waals surface area contributed by atoms with E-state index in [4.69, 9.17) is 5.11 Å². The van der Waals surface area contributed by atoms with Crippen molar-refractivity contribution in [3.8, 4) is 0 Å². The molecule has 2 rings (SSSR count). The zero-order valence-electron chi connectivity index (χ0n) is 13.4. The van der Waals surface area contributed by atoms with Gasteiger partial charge in [0.1, 0.15) is 5.56 Å². The number of aliphatic carboxylic acids is 1. The number of carboxylic acids is 1. The molecule has 0 unspecified atom stereocenters. The number of carbonyl (C=O) groups excluding carboxylic acids is 2. The molecule has 1 aliphatic carbocycles. The van der Waals surface area contributed by atoms with Crippen LogP contribution in [0.1, 0.15) is 53.1 Å². The van der Waals surface area contributed by atoms with Crippen LogP contribution in [0.25, 0.3) is 0 Å². The monoisotopic (exact) mass is 320 g/mol. The molecular weight excluding hydrogens is 300 g/mol. The maximum absolute atomic E-state index is 12.3. The van der Waals surface area contributed by atoms with Crippen LogP contribution >= 0.6 is 0 Å². The van der Waals surface area contributed by atoms with Crippen LogP contribution in [0.3, 0.4) is 0 Å². The molecule has 0 radical (unpaired) electrons. The van der Waals surface area contributed by atoms with Crippen LogP contribution in [0.2, 0.25) is 0 Å². The van der Waals surface area contributed by atoms with Gasteiger partial charge in [-0.15, -0.1) is 0 Å². The van der Waals surface area contributed by atoms with Gasteiger partial charge in [0, 0.05) is 31.3 Å². The molecule has 0 saturated carbocycles. The summed E-state index contributed by atoms with van der Waals surface area (Å²) in [6.07, 6.45) is 0.708. The van der Waals surface area contributed by atoms with E-state index in [0.29, 0.717) is 24.1 Å². The van der Waals surface area contributed by atoms with Gasteiger partial charge < -0.3 is 15.0 Å². The highest BCUT2D eigenvalue weighted by molar-refractivity contribution is 6.02. The van der Waals surface area contributed by atoms with E-state index in [1.54, 1.807) is 0 Å². The molecule has 0 aliphatic heterocycles. The second-order valence-corrected chi connectivity index (χ2v) is 6.72. The van der Waals surface area contributed by atoms with Gasteiger partial charge in [-0.1, -0.05) is 13.8 Å². The van der Waals surface area contributed by atoms with E-state index in [0.717, 1.165) is 0 Å². The molecule has 0 aromatic carbocycles. The molecule has 2 N–H and O–H groups in total. The van der Waals surface area contributed by atoms with Crippen molar-refractivity contribution in [2.45, 2.75) is 33.1 Å². The summed E-state index contributed by atoms with van der Waals surface area (Å²) in [4.78, 5) is 51.1. The number of carboxylic acid groups (broad SMARTS) is 1. The molecule has 0 atom stereocenters. The largest absolute Gasteiger partial charge is 0.481 e. The molecule has 1 aromatic rings. The smallest absolute Gasteiger partial charge is 0.305 e. The third-order valence-corrected chi connectivity index (χ3v) is 3.96. The lowest BCUT2D eigenvalue weighted by molar-refractivity contribution is -0.137. The molecule has 7 nitrogen and oxygen atoms in total. The van der Waals surface area contributed by atoms with Crippen LogP contribution in [-0.4, -0.2) is 46.2 Å². The number of pyridine rings is 1. The highest BCUT2D eigenvalue weighted by atomic mass is 16.4. The SMILES string of the molecule is CN(CCC(=O)O)C(=O)c1cc2c([nH]c1=O)CC(C)(C)CC2=O. The predicted octanol–water partition coefficient (Wildman–Crippen LogP) is 1.08. The Morgan fingerprint density at radius 1 is 1.30 bits per heavy atom. The number of hydrogen-bond donors (Lipinski definition) is 2. The highest BCUT2D eigenvalue weighted by Gasteiger charge is 2.33. The molecule has 0 fully saturated rings. The van der Waals surface area contributed by atoms with E-state index in [1.807, 2.05) is 13.8 Å². The first-order valence-corrected chi connectivity index (χ1v) is 7.37. The van der Waals surface area contributed by atoms with Crippen LogP contribution < -0.4 is 5.56 Å². The summed E-state index contributed by atoms with van der Waals surface area (Å²) in [7, 11) is 1.43. The van der Waals surface area contributed by atoms with E-state index in [2.05, 4.69) is 4.98 Å². The van der Waals surface area contributed by atoms with Crippen molar-refractivity contribution in [2.24, 2.45) is 5.41 Å². The Morgan fingerprint density at radius 3 is 2.57 bits per heavy atom. The summed E-state index contributed by atoms with van der Waals surface area (Å²) in [5.74, 6) is -1.72. The second-order valence-electron chi connectivity index (χ2n) is 6.72. The van der Waals surface area contributed by atoms with Crippen LogP contribution in [0.4, 0.5) is 0 Å². The number of Topliss-reactive ketones (excluding diaryl/α,β-unsaturated/α-hetero) is 1. The second kappa shape index (κ2) is 5.98. The minimum Gasteiger partial charge on any atom is -0.481 e. The lowest BCUT2D eigenvalue weighted by Gasteiger charge is -2.30. The van der Waals surface area contributed by atoms with E-state index < -0.39 is 17.4 Å². The quantitative estimate of drug-likeness (QED) is 0.863. The number of nitrogens with zero attached hydrogens (tertiary/aromatic N) is 1. The summed E-state index contributed by atoms with van der Waals surface area (Å²) in [5, 5.41) is 8.66.